The van der Waals surface area contributed by atoms with E-state index in [0.717, 1.165) is 30.5 Å². The zero-order valence-corrected chi connectivity index (χ0v) is 12.6. The molecule has 0 saturated heterocycles. The first-order chi connectivity index (χ1) is 9.20. The van der Waals surface area contributed by atoms with Crippen molar-refractivity contribution in [1.82, 2.24) is 5.32 Å². The minimum absolute atomic E-state index is 0.0356. The Morgan fingerprint density at radius 1 is 1.11 bits per heavy atom. The lowest BCUT2D eigenvalue weighted by Crippen LogP contribution is -2.23. The number of unbranched alkanes of at least 4 members (excludes halogenated alkanes) is 3. The molecule has 1 aromatic carbocycles. The van der Waals surface area contributed by atoms with Gasteiger partial charge in [-0.2, -0.15) is 0 Å². The molecule has 0 bridgehead atoms. The van der Waals surface area contributed by atoms with E-state index in [1.165, 1.54) is 25.7 Å². The Bertz CT molecular complexity index is 362. The monoisotopic (exact) mass is 265 g/mol. The zero-order chi connectivity index (χ0) is 14.1. The summed E-state index contributed by atoms with van der Waals surface area (Å²) in [5.74, 6) is -0.0356. The van der Waals surface area contributed by atoms with E-state index in [1.54, 1.807) is 0 Å². The molecule has 1 unspecified atom stereocenters. The lowest BCUT2D eigenvalue weighted by molar-refractivity contribution is 0.450. The minimum Gasteiger partial charge on any atom is -0.310 e. The Morgan fingerprint density at radius 2 is 1.89 bits per heavy atom. The molecule has 1 nitrogen and oxygen atoms in total. The highest BCUT2D eigenvalue weighted by Gasteiger charge is 2.15. The molecule has 1 rings (SSSR count). The van der Waals surface area contributed by atoms with Crippen molar-refractivity contribution in [1.29, 1.82) is 0 Å². The summed E-state index contributed by atoms with van der Waals surface area (Å²) in [4.78, 5) is 0. The second-order valence-electron chi connectivity index (χ2n) is 5.33. The molecule has 0 radical (unpaired) electrons. The first-order valence-corrected chi connectivity index (χ1v) is 7.69. The molecule has 0 saturated carbocycles. The van der Waals surface area contributed by atoms with Crippen molar-refractivity contribution in [3.8, 4) is 0 Å². The van der Waals surface area contributed by atoms with Crippen molar-refractivity contribution in [2.45, 2.75) is 65.3 Å². The van der Waals surface area contributed by atoms with Gasteiger partial charge >= 0.3 is 0 Å². The van der Waals surface area contributed by atoms with Crippen LogP contribution in [-0.4, -0.2) is 6.54 Å². The van der Waals surface area contributed by atoms with Crippen LogP contribution >= 0.6 is 0 Å². The summed E-state index contributed by atoms with van der Waals surface area (Å²) in [5, 5.41) is 3.49. The number of hydrogen-bond donors (Lipinski definition) is 1. The standard InChI is InChI=1S/C17H28FN/c1-4-6-7-8-12-16(19-13-5-2)15-11-9-10-14(3)17(15)18/h9-11,16,19H,4-8,12-13H2,1-3H3. The van der Waals surface area contributed by atoms with Crippen LogP contribution in [0.1, 0.15) is 69.5 Å². The Morgan fingerprint density at radius 3 is 2.58 bits per heavy atom. The first kappa shape index (κ1) is 16.2. The fourth-order valence-electron chi connectivity index (χ4n) is 2.40. The maximum absolute atomic E-state index is 14.2. The number of benzene rings is 1. The summed E-state index contributed by atoms with van der Waals surface area (Å²) in [6.07, 6.45) is 7.04. The number of hydrogen-bond acceptors (Lipinski definition) is 1. The molecule has 108 valence electrons. The van der Waals surface area contributed by atoms with E-state index in [1.807, 2.05) is 25.1 Å². The second kappa shape index (κ2) is 9.08. The van der Waals surface area contributed by atoms with Gasteiger partial charge in [-0.1, -0.05) is 57.7 Å². The molecule has 0 heterocycles. The van der Waals surface area contributed by atoms with Crippen molar-refractivity contribution in [3.05, 3.63) is 35.1 Å². The normalized spacial score (nSPS) is 12.6. The van der Waals surface area contributed by atoms with E-state index >= 15 is 0 Å². The van der Waals surface area contributed by atoms with Crippen molar-refractivity contribution < 1.29 is 4.39 Å². The summed E-state index contributed by atoms with van der Waals surface area (Å²) < 4.78 is 14.2. The van der Waals surface area contributed by atoms with Crippen LogP contribution in [0.3, 0.4) is 0 Å². The largest absolute Gasteiger partial charge is 0.310 e. The maximum atomic E-state index is 14.2. The van der Waals surface area contributed by atoms with Crippen LogP contribution in [0.2, 0.25) is 0 Å². The highest BCUT2D eigenvalue weighted by atomic mass is 19.1. The van der Waals surface area contributed by atoms with Crippen molar-refractivity contribution in [3.63, 3.8) is 0 Å². The minimum atomic E-state index is -0.0356. The van der Waals surface area contributed by atoms with Gasteiger partial charge in [-0.25, -0.2) is 4.39 Å². The average Bonchev–Trinajstić information content (AvgIpc) is 2.42. The lowest BCUT2D eigenvalue weighted by atomic mass is 9.97. The quantitative estimate of drug-likeness (QED) is 0.609. The van der Waals surface area contributed by atoms with E-state index in [9.17, 15) is 4.39 Å². The van der Waals surface area contributed by atoms with Gasteiger partial charge in [-0.3, -0.25) is 0 Å². The number of nitrogens with one attached hydrogen (secondary N) is 1. The third kappa shape index (κ3) is 5.32. The SMILES string of the molecule is CCCCCCC(NCCC)c1cccc(C)c1F. The summed E-state index contributed by atoms with van der Waals surface area (Å²) in [6, 6.07) is 5.89. The van der Waals surface area contributed by atoms with Crippen LogP contribution in [0.25, 0.3) is 0 Å². The third-order valence-electron chi connectivity index (χ3n) is 3.58. The predicted molar refractivity (Wildman–Crippen MR) is 80.9 cm³/mol. The van der Waals surface area contributed by atoms with Gasteiger partial charge in [-0.15, -0.1) is 0 Å². The molecule has 0 aliphatic carbocycles. The first-order valence-electron chi connectivity index (χ1n) is 7.69. The van der Waals surface area contributed by atoms with Gasteiger partial charge in [0.05, 0.1) is 0 Å². The van der Waals surface area contributed by atoms with Crippen molar-refractivity contribution in [2.24, 2.45) is 0 Å². The second-order valence-corrected chi connectivity index (χ2v) is 5.33. The van der Waals surface area contributed by atoms with Gasteiger partial charge in [-0.05, 0) is 31.9 Å². The number of rotatable bonds is 9. The number of halogens is 1. The Hall–Kier alpha value is -0.890. The molecule has 0 fully saturated rings. The Kier molecular flexibility index (Phi) is 7.73. The fraction of sp³-hybridized carbons (Fsp3) is 0.647. The van der Waals surface area contributed by atoms with Crippen LogP contribution in [0.4, 0.5) is 4.39 Å². The van der Waals surface area contributed by atoms with Crippen LogP contribution in [0.15, 0.2) is 18.2 Å². The molecule has 1 aromatic rings. The fourth-order valence-corrected chi connectivity index (χ4v) is 2.40. The molecule has 2 heteroatoms. The average molecular weight is 265 g/mol. The summed E-state index contributed by atoms with van der Waals surface area (Å²) in [7, 11) is 0. The zero-order valence-electron chi connectivity index (χ0n) is 12.6. The van der Waals surface area contributed by atoms with Crippen LogP contribution in [-0.2, 0) is 0 Å². The number of aryl methyl sites for hydroxylation is 1. The molecule has 1 atom stereocenters. The van der Waals surface area contributed by atoms with Crippen LogP contribution in [0.5, 0.6) is 0 Å². The van der Waals surface area contributed by atoms with Gasteiger partial charge in [0.2, 0.25) is 0 Å². The van der Waals surface area contributed by atoms with Crippen molar-refractivity contribution >= 4 is 0 Å². The summed E-state index contributed by atoms with van der Waals surface area (Å²) >= 11 is 0. The van der Waals surface area contributed by atoms with Gasteiger partial charge in [0, 0.05) is 11.6 Å². The third-order valence-corrected chi connectivity index (χ3v) is 3.58. The van der Waals surface area contributed by atoms with Crippen LogP contribution < -0.4 is 5.32 Å². The predicted octanol–water partition coefficient (Wildman–Crippen LogP) is 5.15. The van der Waals surface area contributed by atoms with E-state index in [4.69, 9.17) is 0 Å². The molecule has 0 aliphatic heterocycles. The van der Waals surface area contributed by atoms with Gasteiger partial charge in [0.15, 0.2) is 0 Å². The van der Waals surface area contributed by atoms with E-state index < -0.39 is 0 Å². The Balaban J connectivity index is 2.69. The lowest BCUT2D eigenvalue weighted by Gasteiger charge is -2.20. The topological polar surface area (TPSA) is 12.0 Å². The summed E-state index contributed by atoms with van der Waals surface area (Å²) in [5.41, 5.74) is 1.58. The maximum Gasteiger partial charge on any atom is 0.130 e. The highest BCUT2D eigenvalue weighted by Crippen LogP contribution is 2.24. The highest BCUT2D eigenvalue weighted by molar-refractivity contribution is 5.27. The molecule has 19 heavy (non-hydrogen) atoms. The molecule has 1 N–H and O–H groups in total. The van der Waals surface area contributed by atoms with E-state index in [-0.39, 0.29) is 11.9 Å². The molecule has 0 amide bonds. The molecular formula is C17H28FN. The smallest absolute Gasteiger partial charge is 0.130 e. The van der Waals surface area contributed by atoms with E-state index in [2.05, 4.69) is 19.2 Å². The van der Waals surface area contributed by atoms with Gasteiger partial charge in [0.1, 0.15) is 5.82 Å². The Labute approximate surface area is 117 Å². The van der Waals surface area contributed by atoms with Crippen LogP contribution in [0, 0.1) is 12.7 Å². The van der Waals surface area contributed by atoms with E-state index in [0.29, 0.717) is 0 Å². The van der Waals surface area contributed by atoms with Crippen molar-refractivity contribution in [2.75, 3.05) is 6.54 Å². The summed E-state index contributed by atoms with van der Waals surface area (Å²) in [6.45, 7) is 7.15. The molecule has 0 aliphatic rings. The van der Waals surface area contributed by atoms with Gasteiger partial charge in [0.25, 0.3) is 0 Å². The van der Waals surface area contributed by atoms with Gasteiger partial charge < -0.3 is 5.32 Å². The molecule has 0 spiro atoms. The molecule has 0 aromatic heterocycles. The molecular weight excluding hydrogens is 237 g/mol.